The van der Waals surface area contributed by atoms with Crippen molar-refractivity contribution in [2.24, 2.45) is 0 Å². The summed E-state index contributed by atoms with van der Waals surface area (Å²) in [6.07, 6.45) is -8.41. The van der Waals surface area contributed by atoms with E-state index in [2.05, 4.69) is 0 Å². The van der Waals surface area contributed by atoms with Crippen LogP contribution in [0, 0.1) is 17.1 Å². The first kappa shape index (κ1) is 17.4. The van der Waals surface area contributed by atoms with Crippen LogP contribution in [0.25, 0.3) is 11.3 Å². The first-order chi connectivity index (χ1) is 11.6. The molecule has 1 aromatic carbocycles. The van der Waals surface area contributed by atoms with Crippen molar-refractivity contribution in [1.82, 2.24) is 4.57 Å². The maximum Gasteiger partial charge on any atom is 0.418 e. The van der Waals surface area contributed by atoms with Crippen molar-refractivity contribution < 1.29 is 31.4 Å². The molecule has 3 rings (SSSR count). The molecule has 25 heavy (non-hydrogen) atoms. The number of benzene rings is 1. The average Bonchev–Trinajstić information content (AvgIpc) is 2.92. The summed E-state index contributed by atoms with van der Waals surface area (Å²) in [5, 5.41) is 18.6. The highest BCUT2D eigenvalue weighted by Crippen LogP contribution is 2.47. The van der Waals surface area contributed by atoms with Crippen LogP contribution in [0.15, 0.2) is 24.3 Å². The van der Waals surface area contributed by atoms with Crippen LogP contribution in [0.4, 0.5) is 26.3 Å². The van der Waals surface area contributed by atoms with Gasteiger partial charge in [-0.15, -0.1) is 0 Å². The fraction of sp³-hybridized carbons (Fsp3) is 0.312. The zero-order chi connectivity index (χ0) is 18.6. The minimum atomic E-state index is -4.96. The molecule has 3 nitrogen and oxygen atoms in total. The normalized spacial score (nSPS) is 19.4. The molecule has 9 heteroatoms. The molecule has 0 saturated heterocycles. The second kappa shape index (κ2) is 5.52. The smallest absolute Gasteiger partial charge is 0.381 e. The fourth-order valence-corrected chi connectivity index (χ4v) is 2.93. The van der Waals surface area contributed by atoms with Crippen molar-refractivity contribution in [1.29, 1.82) is 5.26 Å². The van der Waals surface area contributed by atoms with Crippen LogP contribution in [-0.2, 0) is 12.7 Å². The Bertz CT molecular complexity index is 878. The number of hydrogen-bond acceptors (Lipinski definition) is 2. The summed E-state index contributed by atoms with van der Waals surface area (Å²) in [5.74, 6) is -4.54. The summed E-state index contributed by atoms with van der Waals surface area (Å²) >= 11 is 0. The summed E-state index contributed by atoms with van der Waals surface area (Å²) in [6, 6.07) is 5.30. The van der Waals surface area contributed by atoms with Crippen molar-refractivity contribution in [3.8, 4) is 17.3 Å². The molecule has 132 valence electrons. The number of rotatable bonds is 1. The number of aliphatic hydroxyl groups excluding tert-OH is 1. The van der Waals surface area contributed by atoms with Crippen molar-refractivity contribution in [2.45, 2.75) is 31.2 Å². The Morgan fingerprint density at radius 3 is 2.52 bits per heavy atom. The third-order valence-corrected chi connectivity index (χ3v) is 4.15. The van der Waals surface area contributed by atoms with E-state index in [9.17, 15) is 31.4 Å². The van der Waals surface area contributed by atoms with E-state index in [4.69, 9.17) is 5.26 Å². The quantitative estimate of drug-likeness (QED) is 0.773. The summed E-state index contributed by atoms with van der Waals surface area (Å²) in [5.41, 5.74) is -2.75. The van der Waals surface area contributed by atoms with Gasteiger partial charge in [-0.2, -0.15) is 18.4 Å². The molecule has 0 aliphatic carbocycles. The first-order valence-electron chi connectivity index (χ1n) is 7.13. The molecule has 0 saturated carbocycles. The standard InChI is InChI=1S/C16H10F6N2O/c17-11-2-1-8(5-9(11)7-23)12-6-10(16(20,21)22)13-14(25)15(18,19)3-4-24(12)13/h1-2,5-6,14,25H,3-4H2/t14-/m0/s1. The van der Waals surface area contributed by atoms with E-state index in [0.717, 1.165) is 22.8 Å². The highest BCUT2D eigenvalue weighted by atomic mass is 19.4. The predicted molar refractivity (Wildman–Crippen MR) is 74.1 cm³/mol. The van der Waals surface area contributed by atoms with Gasteiger partial charge in [-0.25, -0.2) is 13.2 Å². The van der Waals surface area contributed by atoms with Gasteiger partial charge in [0.2, 0.25) is 0 Å². The third kappa shape index (κ3) is 2.76. The number of hydrogen-bond donors (Lipinski definition) is 1. The van der Waals surface area contributed by atoms with Gasteiger partial charge >= 0.3 is 6.18 Å². The molecule has 0 unspecified atom stereocenters. The van der Waals surface area contributed by atoms with Gasteiger partial charge in [0.1, 0.15) is 11.9 Å². The number of nitrogens with zero attached hydrogens (tertiary/aromatic N) is 2. The van der Waals surface area contributed by atoms with E-state index in [1.54, 1.807) is 6.07 Å². The van der Waals surface area contributed by atoms with E-state index in [0.29, 0.717) is 6.07 Å². The van der Waals surface area contributed by atoms with E-state index in [-0.39, 0.29) is 16.8 Å². The lowest BCUT2D eigenvalue weighted by molar-refractivity contribution is -0.152. The van der Waals surface area contributed by atoms with Gasteiger partial charge < -0.3 is 9.67 Å². The van der Waals surface area contributed by atoms with Gasteiger partial charge in [-0.05, 0) is 29.8 Å². The monoisotopic (exact) mass is 360 g/mol. The Morgan fingerprint density at radius 1 is 1.24 bits per heavy atom. The molecule has 0 amide bonds. The van der Waals surface area contributed by atoms with Crippen molar-refractivity contribution in [3.05, 3.63) is 46.9 Å². The summed E-state index contributed by atoms with van der Waals surface area (Å²) in [4.78, 5) is 0. The van der Waals surface area contributed by atoms with Crippen LogP contribution in [0.3, 0.4) is 0 Å². The molecule has 1 atom stereocenters. The van der Waals surface area contributed by atoms with Gasteiger partial charge in [0.05, 0.1) is 16.8 Å². The molecular weight excluding hydrogens is 350 g/mol. The molecule has 0 radical (unpaired) electrons. The SMILES string of the molecule is N#Cc1cc(-c2cc(C(F)(F)F)c3n2CCC(F)(F)[C@H]3O)ccc1F. The average molecular weight is 360 g/mol. The van der Waals surface area contributed by atoms with Gasteiger partial charge in [0, 0.05) is 18.7 Å². The lowest BCUT2D eigenvalue weighted by Crippen LogP contribution is -2.36. The second-order valence-electron chi connectivity index (χ2n) is 5.70. The molecule has 2 aromatic rings. The third-order valence-electron chi connectivity index (χ3n) is 4.15. The van der Waals surface area contributed by atoms with Gasteiger partial charge in [-0.1, -0.05) is 0 Å². The lowest BCUT2D eigenvalue weighted by Gasteiger charge is -2.31. The molecule has 0 bridgehead atoms. The predicted octanol–water partition coefficient (Wildman–Crippen LogP) is 4.26. The molecule has 0 fully saturated rings. The number of aliphatic hydroxyl groups is 1. The van der Waals surface area contributed by atoms with E-state index >= 15 is 0 Å². The maximum atomic E-state index is 13.7. The van der Waals surface area contributed by atoms with Crippen molar-refractivity contribution in [3.63, 3.8) is 0 Å². The van der Waals surface area contributed by atoms with Crippen LogP contribution in [0.5, 0.6) is 0 Å². The number of nitriles is 1. The Labute approximate surface area is 137 Å². The largest absolute Gasteiger partial charge is 0.418 e. The van der Waals surface area contributed by atoms with Gasteiger partial charge in [0.15, 0.2) is 6.10 Å². The summed E-state index contributed by atoms with van der Waals surface area (Å²) in [7, 11) is 0. The summed E-state index contributed by atoms with van der Waals surface area (Å²) in [6.45, 7) is -0.454. The molecular formula is C16H10F6N2O. The number of fused-ring (bicyclic) bond motifs is 1. The minimum Gasteiger partial charge on any atom is -0.381 e. The zero-order valence-electron chi connectivity index (χ0n) is 12.4. The number of alkyl halides is 5. The molecule has 0 spiro atoms. The fourth-order valence-electron chi connectivity index (χ4n) is 2.93. The molecule has 1 aromatic heterocycles. The Kier molecular flexibility index (Phi) is 3.84. The highest BCUT2D eigenvalue weighted by molar-refractivity contribution is 5.65. The van der Waals surface area contributed by atoms with Crippen molar-refractivity contribution in [2.75, 3.05) is 0 Å². The minimum absolute atomic E-state index is 0.0621. The lowest BCUT2D eigenvalue weighted by atomic mass is 9.99. The van der Waals surface area contributed by atoms with E-state index in [1.807, 2.05) is 0 Å². The first-order valence-corrected chi connectivity index (χ1v) is 7.13. The van der Waals surface area contributed by atoms with Crippen molar-refractivity contribution >= 4 is 0 Å². The second-order valence-corrected chi connectivity index (χ2v) is 5.70. The van der Waals surface area contributed by atoms with Crippen LogP contribution >= 0.6 is 0 Å². The van der Waals surface area contributed by atoms with E-state index in [1.165, 1.54) is 0 Å². The number of halogens is 6. The van der Waals surface area contributed by atoms with Gasteiger partial charge in [-0.3, -0.25) is 0 Å². The molecule has 1 N–H and O–H groups in total. The van der Waals surface area contributed by atoms with Crippen LogP contribution < -0.4 is 0 Å². The highest BCUT2D eigenvalue weighted by Gasteiger charge is 2.50. The Morgan fingerprint density at radius 2 is 1.92 bits per heavy atom. The maximum absolute atomic E-state index is 13.7. The van der Waals surface area contributed by atoms with Crippen LogP contribution in [0.1, 0.15) is 29.3 Å². The molecule has 1 aliphatic heterocycles. The zero-order valence-corrected chi connectivity index (χ0v) is 12.4. The molecule has 2 heterocycles. The van der Waals surface area contributed by atoms with Crippen LogP contribution in [0.2, 0.25) is 0 Å². The summed E-state index contributed by atoms with van der Waals surface area (Å²) < 4.78 is 81.6. The van der Waals surface area contributed by atoms with E-state index < -0.39 is 48.2 Å². The topological polar surface area (TPSA) is 49.0 Å². The Hall–Kier alpha value is -2.47. The van der Waals surface area contributed by atoms with Crippen LogP contribution in [-0.4, -0.2) is 15.6 Å². The van der Waals surface area contributed by atoms with Gasteiger partial charge in [0.25, 0.3) is 5.92 Å². The number of aromatic nitrogens is 1. The molecule has 1 aliphatic rings. The Balaban J connectivity index is 2.26.